The van der Waals surface area contributed by atoms with E-state index >= 15 is 0 Å². The monoisotopic (exact) mass is 388 g/mol. The molecule has 0 amide bonds. The summed E-state index contributed by atoms with van der Waals surface area (Å²) in [7, 11) is -2.15. The van der Waals surface area contributed by atoms with Gasteiger partial charge in [-0.15, -0.1) is 0 Å². The number of hydrogen-bond acceptors (Lipinski definition) is 7. The summed E-state index contributed by atoms with van der Waals surface area (Å²) in [5.74, 6) is -1.51. The van der Waals surface area contributed by atoms with E-state index in [0.29, 0.717) is 12.8 Å². The van der Waals surface area contributed by atoms with Gasteiger partial charge in [-0.25, -0.2) is 0 Å². The van der Waals surface area contributed by atoms with Gasteiger partial charge in [0.1, 0.15) is 6.10 Å². The van der Waals surface area contributed by atoms with Crippen LogP contribution in [0.4, 0.5) is 0 Å². The van der Waals surface area contributed by atoms with Gasteiger partial charge in [0.2, 0.25) is 0 Å². The molecule has 1 fully saturated rings. The molecule has 0 bridgehead atoms. The van der Waals surface area contributed by atoms with Gasteiger partial charge in [-0.2, -0.15) is 0 Å². The Labute approximate surface area is 156 Å². The first-order valence-electron chi connectivity index (χ1n) is 8.94. The second-order valence-corrected chi connectivity index (χ2v) is 13.0. The Morgan fingerprint density at radius 2 is 1.15 bits per heavy atom. The zero-order chi connectivity index (χ0) is 20.3. The molecule has 150 valence electrons. The van der Waals surface area contributed by atoms with Crippen molar-refractivity contribution in [3.05, 3.63) is 0 Å². The standard InChI is InChI=1S/C18H32O7Si/c1-11(19)22-14-9-10-15(25-26(7,8)18(4,5)6)17(24-13(3)21)16(14)23-12(2)20/h14-17H,9-10H2,1-8H3/t14-,15-,16-,17+/m1/s1. The third kappa shape index (κ3) is 6.09. The molecule has 0 aromatic rings. The van der Waals surface area contributed by atoms with Crippen LogP contribution in [0.5, 0.6) is 0 Å². The van der Waals surface area contributed by atoms with Crippen LogP contribution in [-0.4, -0.2) is 50.6 Å². The first kappa shape index (κ1) is 22.6. The van der Waals surface area contributed by atoms with Crippen molar-refractivity contribution in [3.63, 3.8) is 0 Å². The molecule has 1 aliphatic carbocycles. The third-order valence-corrected chi connectivity index (χ3v) is 9.47. The Bertz CT molecular complexity index is 538. The lowest BCUT2D eigenvalue weighted by Gasteiger charge is -2.45. The van der Waals surface area contributed by atoms with E-state index in [0.717, 1.165) is 0 Å². The Kier molecular flexibility index (Phi) is 7.41. The highest BCUT2D eigenvalue weighted by atomic mass is 28.4. The van der Waals surface area contributed by atoms with Crippen LogP contribution in [0.1, 0.15) is 54.4 Å². The van der Waals surface area contributed by atoms with Crippen LogP contribution in [0.2, 0.25) is 18.1 Å². The maximum atomic E-state index is 11.7. The largest absolute Gasteiger partial charge is 0.458 e. The van der Waals surface area contributed by atoms with Gasteiger partial charge < -0.3 is 18.6 Å². The fourth-order valence-corrected chi connectivity index (χ4v) is 4.13. The van der Waals surface area contributed by atoms with Crippen molar-refractivity contribution >= 4 is 26.2 Å². The van der Waals surface area contributed by atoms with Crippen molar-refractivity contribution in [2.24, 2.45) is 0 Å². The van der Waals surface area contributed by atoms with Gasteiger partial charge in [-0.3, -0.25) is 14.4 Å². The Morgan fingerprint density at radius 1 is 0.769 bits per heavy atom. The van der Waals surface area contributed by atoms with Gasteiger partial charge >= 0.3 is 17.9 Å². The van der Waals surface area contributed by atoms with Crippen LogP contribution in [0.25, 0.3) is 0 Å². The quantitative estimate of drug-likeness (QED) is 0.406. The van der Waals surface area contributed by atoms with Crippen molar-refractivity contribution in [1.82, 2.24) is 0 Å². The predicted octanol–water partition coefficient (Wildman–Crippen LogP) is 2.97. The van der Waals surface area contributed by atoms with Crippen LogP contribution in [0, 0.1) is 0 Å². The predicted molar refractivity (Wildman–Crippen MR) is 98.0 cm³/mol. The van der Waals surface area contributed by atoms with E-state index < -0.39 is 50.6 Å². The van der Waals surface area contributed by atoms with Crippen molar-refractivity contribution in [2.45, 2.75) is 96.9 Å². The lowest BCUT2D eigenvalue weighted by Crippen LogP contribution is -2.58. The summed E-state index contributed by atoms with van der Waals surface area (Å²) in [4.78, 5) is 34.7. The van der Waals surface area contributed by atoms with E-state index in [1.807, 2.05) is 0 Å². The molecular formula is C18H32O7Si. The van der Waals surface area contributed by atoms with Gasteiger partial charge in [0, 0.05) is 20.8 Å². The molecule has 0 spiro atoms. The smallest absolute Gasteiger partial charge is 0.303 e. The average molecular weight is 389 g/mol. The lowest BCUT2D eigenvalue weighted by molar-refractivity contribution is -0.201. The minimum atomic E-state index is -2.15. The Balaban J connectivity index is 3.16. The zero-order valence-corrected chi connectivity index (χ0v) is 18.1. The molecule has 7 nitrogen and oxygen atoms in total. The van der Waals surface area contributed by atoms with Crippen molar-refractivity contribution < 1.29 is 33.0 Å². The summed E-state index contributed by atoms with van der Waals surface area (Å²) >= 11 is 0. The van der Waals surface area contributed by atoms with Crippen LogP contribution in [0.15, 0.2) is 0 Å². The van der Waals surface area contributed by atoms with Gasteiger partial charge in [0.25, 0.3) is 0 Å². The highest BCUT2D eigenvalue weighted by molar-refractivity contribution is 6.74. The average Bonchev–Trinajstić information content (AvgIpc) is 2.42. The SMILES string of the molecule is CC(=O)O[C@@H]1[C@H](OC(C)=O)[C@H](OC(C)=O)CC[C@H]1O[Si](C)(C)C(C)(C)C. The normalized spacial score (nSPS) is 26.8. The number of carbonyl (C=O) groups excluding carboxylic acids is 3. The summed E-state index contributed by atoms with van der Waals surface area (Å²) in [5.41, 5.74) is 0. The Hall–Kier alpha value is -1.41. The van der Waals surface area contributed by atoms with Gasteiger partial charge in [-0.1, -0.05) is 20.8 Å². The highest BCUT2D eigenvalue weighted by Gasteiger charge is 2.49. The van der Waals surface area contributed by atoms with E-state index in [9.17, 15) is 14.4 Å². The van der Waals surface area contributed by atoms with Crippen molar-refractivity contribution in [3.8, 4) is 0 Å². The van der Waals surface area contributed by atoms with E-state index in [1.54, 1.807) is 0 Å². The molecule has 4 atom stereocenters. The fraction of sp³-hybridized carbons (Fsp3) is 0.833. The fourth-order valence-electron chi connectivity index (χ4n) is 2.77. The molecule has 8 heteroatoms. The lowest BCUT2D eigenvalue weighted by atomic mass is 9.89. The maximum absolute atomic E-state index is 11.7. The molecule has 0 heterocycles. The van der Waals surface area contributed by atoms with Gasteiger partial charge in [0.05, 0.1) is 6.10 Å². The molecule has 26 heavy (non-hydrogen) atoms. The molecule has 0 aromatic carbocycles. The Morgan fingerprint density at radius 3 is 1.54 bits per heavy atom. The van der Waals surface area contributed by atoms with Gasteiger partial charge in [0.15, 0.2) is 20.5 Å². The number of hydrogen-bond donors (Lipinski definition) is 0. The molecule has 1 saturated carbocycles. The molecule has 0 saturated heterocycles. The van der Waals surface area contributed by atoms with Crippen LogP contribution in [0.3, 0.4) is 0 Å². The molecule has 0 N–H and O–H groups in total. The second kappa shape index (κ2) is 8.52. The van der Waals surface area contributed by atoms with Crippen LogP contribution < -0.4 is 0 Å². The number of carbonyl (C=O) groups is 3. The van der Waals surface area contributed by atoms with E-state index in [-0.39, 0.29) is 5.04 Å². The number of esters is 3. The molecule has 0 radical (unpaired) electrons. The first-order valence-corrected chi connectivity index (χ1v) is 11.8. The van der Waals surface area contributed by atoms with Crippen LogP contribution in [-0.2, 0) is 33.0 Å². The summed E-state index contributed by atoms with van der Waals surface area (Å²) in [5, 5.41) is -0.0303. The molecule has 0 unspecified atom stereocenters. The topological polar surface area (TPSA) is 88.1 Å². The summed E-state index contributed by atoms with van der Waals surface area (Å²) in [6.07, 6.45) is -1.78. The number of rotatable bonds is 5. The molecule has 1 rings (SSSR count). The van der Waals surface area contributed by atoms with Crippen molar-refractivity contribution in [2.75, 3.05) is 0 Å². The highest BCUT2D eigenvalue weighted by Crippen LogP contribution is 2.40. The summed E-state index contributed by atoms with van der Waals surface area (Å²) in [6.45, 7) is 14.4. The zero-order valence-electron chi connectivity index (χ0n) is 17.1. The second-order valence-electron chi connectivity index (χ2n) is 8.29. The maximum Gasteiger partial charge on any atom is 0.303 e. The minimum Gasteiger partial charge on any atom is -0.458 e. The van der Waals surface area contributed by atoms with E-state index in [2.05, 4.69) is 33.9 Å². The number of ether oxygens (including phenoxy) is 3. The van der Waals surface area contributed by atoms with Gasteiger partial charge in [-0.05, 0) is 31.0 Å². The first-order chi connectivity index (χ1) is 11.7. The van der Waals surface area contributed by atoms with Crippen molar-refractivity contribution in [1.29, 1.82) is 0 Å². The molecule has 1 aliphatic rings. The minimum absolute atomic E-state index is 0.0303. The van der Waals surface area contributed by atoms with Crippen LogP contribution >= 0.6 is 0 Å². The molecule has 0 aromatic heterocycles. The van der Waals surface area contributed by atoms with E-state index in [4.69, 9.17) is 18.6 Å². The van der Waals surface area contributed by atoms with E-state index in [1.165, 1.54) is 20.8 Å². The third-order valence-electron chi connectivity index (χ3n) is 4.97. The molecular weight excluding hydrogens is 356 g/mol. The molecule has 0 aliphatic heterocycles. The summed E-state index contributed by atoms with van der Waals surface area (Å²) < 4.78 is 22.6. The summed E-state index contributed by atoms with van der Waals surface area (Å²) in [6, 6.07) is 0.